The van der Waals surface area contributed by atoms with Crippen LogP contribution in [0.5, 0.6) is 0 Å². The predicted molar refractivity (Wildman–Crippen MR) is 116 cm³/mol. The minimum Gasteiger partial charge on any atom is -0.464 e. The highest BCUT2D eigenvalue weighted by Crippen LogP contribution is 2.65. The van der Waals surface area contributed by atoms with Crippen molar-refractivity contribution in [3.8, 4) is 0 Å². The predicted octanol–water partition coefficient (Wildman–Crippen LogP) is 5.19. The van der Waals surface area contributed by atoms with Crippen LogP contribution in [0.15, 0.2) is 11.6 Å². The monoisotopic (exact) mass is 424 g/mol. The number of esters is 1. The molecule has 0 radical (unpaired) electrons. The molecule has 0 aromatic carbocycles. The lowest BCUT2D eigenvalue weighted by atomic mass is 9.47. The van der Waals surface area contributed by atoms with Gasteiger partial charge in [-0.05, 0) is 100 Å². The summed E-state index contributed by atoms with van der Waals surface area (Å²) in [5.41, 5.74) is 0.713. The molecule has 0 aromatic rings. The number of carbonyl (C=O) groups excluding carboxylic acids is 3. The number of ketones is 2. The summed E-state index contributed by atoms with van der Waals surface area (Å²) in [6.07, 6.45) is 14.4. The van der Waals surface area contributed by atoms with Crippen LogP contribution in [-0.2, 0) is 19.1 Å². The summed E-state index contributed by atoms with van der Waals surface area (Å²) in [5, 5.41) is 0. The van der Waals surface area contributed by atoms with Crippen molar-refractivity contribution < 1.29 is 19.1 Å². The van der Waals surface area contributed by atoms with Crippen molar-refractivity contribution in [2.45, 2.75) is 90.4 Å². The van der Waals surface area contributed by atoms with Gasteiger partial charge in [0.2, 0.25) is 0 Å². The molecular weight excluding hydrogens is 388 g/mol. The van der Waals surface area contributed by atoms with Gasteiger partial charge in [-0.25, -0.2) is 0 Å². The number of hydrogen-bond donors (Lipinski definition) is 0. The molecule has 0 N–H and O–H groups in total. The Morgan fingerprint density at radius 3 is 2.52 bits per heavy atom. The van der Waals surface area contributed by atoms with Gasteiger partial charge in [0.1, 0.15) is 12.4 Å². The highest BCUT2D eigenvalue weighted by atomic mass is 16.5. The van der Waals surface area contributed by atoms with Gasteiger partial charge in [0.25, 0.3) is 0 Å². The normalized spacial score (nSPS) is 48.1. The Morgan fingerprint density at radius 2 is 1.77 bits per heavy atom. The zero-order chi connectivity index (χ0) is 21.4. The minimum atomic E-state index is -0.216. The number of ether oxygens (including phenoxy) is 1. The Kier molecular flexibility index (Phi) is 4.41. The lowest BCUT2D eigenvalue weighted by molar-refractivity contribution is -0.163. The topological polar surface area (TPSA) is 60.4 Å². The molecule has 5 saturated carbocycles. The van der Waals surface area contributed by atoms with Crippen molar-refractivity contribution in [2.75, 3.05) is 6.61 Å². The summed E-state index contributed by atoms with van der Waals surface area (Å²) in [7, 11) is 0. The first-order valence-electron chi connectivity index (χ1n) is 12.8. The van der Waals surface area contributed by atoms with Gasteiger partial charge in [0.15, 0.2) is 5.78 Å². The van der Waals surface area contributed by atoms with Gasteiger partial charge < -0.3 is 4.74 Å². The fourth-order valence-corrected chi connectivity index (χ4v) is 9.23. The standard InChI is InChI=1S/C27H36O4/c1-25-10-9-22-20(21(25)4-5-23(25)29)3-2-18-14-19(28)8-13-27(18,22)16-31-24(30)26-11-6-17(15-26)7-12-26/h14,17,20-22H,2-13,15-16H2,1H3/t17?,20-,21-,22-,25-,26?,27+/m0/s1. The molecule has 0 spiro atoms. The molecule has 2 bridgehead atoms. The highest BCUT2D eigenvalue weighted by molar-refractivity contribution is 5.92. The molecular formula is C27H36O4. The van der Waals surface area contributed by atoms with Crippen molar-refractivity contribution in [3.05, 3.63) is 11.6 Å². The summed E-state index contributed by atoms with van der Waals surface area (Å²) in [6.45, 7) is 2.66. The minimum absolute atomic E-state index is 0.0388. The van der Waals surface area contributed by atoms with E-state index in [2.05, 4.69) is 6.92 Å². The van der Waals surface area contributed by atoms with Crippen LogP contribution in [0.3, 0.4) is 0 Å². The first kappa shape index (κ1) is 20.2. The molecule has 0 heterocycles. The number of carbonyl (C=O) groups is 3. The van der Waals surface area contributed by atoms with Crippen molar-refractivity contribution in [2.24, 2.45) is 39.9 Å². The largest absolute Gasteiger partial charge is 0.464 e. The number of hydrogen-bond acceptors (Lipinski definition) is 4. The number of rotatable bonds is 3. The first-order valence-corrected chi connectivity index (χ1v) is 12.8. The van der Waals surface area contributed by atoms with Gasteiger partial charge in [-0.15, -0.1) is 0 Å². The lowest BCUT2D eigenvalue weighted by Gasteiger charge is -2.57. The van der Waals surface area contributed by atoms with Crippen LogP contribution < -0.4 is 0 Å². The number of fused-ring (bicyclic) bond motifs is 7. The van der Waals surface area contributed by atoms with E-state index in [1.165, 1.54) is 18.4 Å². The molecule has 6 aliphatic rings. The molecule has 0 unspecified atom stereocenters. The highest BCUT2D eigenvalue weighted by Gasteiger charge is 2.61. The number of Topliss-reactive ketones (excluding diaryl/α,β-unsaturated/α-hetero) is 1. The molecule has 0 aliphatic heterocycles. The summed E-state index contributed by atoms with van der Waals surface area (Å²) >= 11 is 0. The van der Waals surface area contributed by atoms with Crippen LogP contribution in [0.25, 0.3) is 0 Å². The van der Waals surface area contributed by atoms with E-state index in [0.717, 1.165) is 70.1 Å². The van der Waals surface area contributed by atoms with Gasteiger partial charge in [-0.3, -0.25) is 14.4 Å². The second-order valence-electron chi connectivity index (χ2n) is 12.1. The average Bonchev–Trinajstić information content (AvgIpc) is 3.46. The molecule has 0 aromatic heterocycles. The SMILES string of the molecule is C[C@]12CC[C@H]3[C@@H](CCC4=CC(=O)CC[C@@]43COC(=O)C34CCC(CC3)C4)[C@@H]1CCC2=O. The maximum Gasteiger partial charge on any atom is 0.312 e. The Bertz CT molecular complexity index is 862. The second kappa shape index (κ2) is 6.78. The Labute approximate surface area is 185 Å². The smallest absolute Gasteiger partial charge is 0.312 e. The summed E-state index contributed by atoms with van der Waals surface area (Å²) < 4.78 is 6.23. The van der Waals surface area contributed by atoms with Crippen LogP contribution in [0, 0.1) is 39.9 Å². The van der Waals surface area contributed by atoms with E-state index in [1.54, 1.807) is 0 Å². The molecule has 4 heteroatoms. The summed E-state index contributed by atoms with van der Waals surface area (Å²) in [4.78, 5) is 38.3. The van der Waals surface area contributed by atoms with E-state index < -0.39 is 0 Å². The summed E-state index contributed by atoms with van der Waals surface area (Å²) in [5.74, 6) is 2.90. The van der Waals surface area contributed by atoms with Crippen molar-refractivity contribution >= 4 is 17.5 Å². The molecule has 0 amide bonds. The maximum atomic E-state index is 13.3. The third kappa shape index (κ3) is 2.75. The van der Waals surface area contributed by atoms with Crippen LogP contribution in [-0.4, -0.2) is 24.1 Å². The molecule has 5 atom stereocenters. The zero-order valence-corrected chi connectivity index (χ0v) is 18.9. The van der Waals surface area contributed by atoms with E-state index in [4.69, 9.17) is 4.74 Å². The fourth-order valence-electron chi connectivity index (χ4n) is 9.23. The molecule has 6 rings (SSSR count). The van der Waals surface area contributed by atoms with Crippen molar-refractivity contribution in [3.63, 3.8) is 0 Å². The Morgan fingerprint density at radius 1 is 0.968 bits per heavy atom. The van der Waals surface area contributed by atoms with E-state index in [9.17, 15) is 14.4 Å². The second-order valence-corrected chi connectivity index (χ2v) is 12.1. The van der Waals surface area contributed by atoms with Gasteiger partial charge in [-0.1, -0.05) is 12.5 Å². The van der Waals surface area contributed by atoms with E-state index >= 15 is 0 Å². The molecule has 31 heavy (non-hydrogen) atoms. The van der Waals surface area contributed by atoms with Crippen molar-refractivity contribution in [1.82, 2.24) is 0 Å². The van der Waals surface area contributed by atoms with E-state index in [1.807, 2.05) is 6.08 Å². The van der Waals surface area contributed by atoms with E-state index in [-0.39, 0.29) is 28.0 Å². The fraction of sp³-hybridized carbons (Fsp3) is 0.815. The molecule has 4 nitrogen and oxygen atoms in total. The van der Waals surface area contributed by atoms with Gasteiger partial charge in [0, 0.05) is 23.7 Å². The quantitative estimate of drug-likeness (QED) is 0.585. The van der Waals surface area contributed by atoms with E-state index in [0.29, 0.717) is 36.6 Å². The average molecular weight is 425 g/mol. The lowest BCUT2D eigenvalue weighted by Crippen LogP contribution is -2.53. The molecule has 0 saturated heterocycles. The van der Waals surface area contributed by atoms with Crippen molar-refractivity contribution in [1.29, 1.82) is 0 Å². The third-order valence-corrected chi connectivity index (χ3v) is 11.0. The first-order chi connectivity index (χ1) is 14.9. The maximum absolute atomic E-state index is 13.3. The molecule has 168 valence electrons. The van der Waals surface area contributed by atoms with Crippen LogP contribution in [0.1, 0.15) is 90.4 Å². The zero-order valence-electron chi connectivity index (χ0n) is 18.9. The Balaban J connectivity index is 1.29. The Hall–Kier alpha value is -1.45. The third-order valence-electron chi connectivity index (χ3n) is 11.0. The van der Waals surface area contributed by atoms with Gasteiger partial charge in [-0.2, -0.15) is 0 Å². The van der Waals surface area contributed by atoms with Crippen LogP contribution in [0.2, 0.25) is 0 Å². The van der Waals surface area contributed by atoms with Crippen LogP contribution in [0.4, 0.5) is 0 Å². The van der Waals surface area contributed by atoms with Crippen LogP contribution >= 0.6 is 0 Å². The van der Waals surface area contributed by atoms with Gasteiger partial charge >= 0.3 is 5.97 Å². The summed E-state index contributed by atoms with van der Waals surface area (Å²) in [6, 6.07) is 0. The molecule has 5 fully saturated rings. The molecule has 6 aliphatic carbocycles. The van der Waals surface area contributed by atoms with Gasteiger partial charge in [0.05, 0.1) is 5.41 Å².